The van der Waals surface area contributed by atoms with E-state index in [9.17, 15) is 0 Å². The molecule has 0 spiro atoms. The lowest BCUT2D eigenvalue weighted by atomic mass is 9.99. The van der Waals surface area contributed by atoms with Gasteiger partial charge in [0.2, 0.25) is 0 Å². The predicted octanol–water partition coefficient (Wildman–Crippen LogP) is 5.62. The molecule has 0 amide bonds. The molecule has 1 N–H and O–H groups in total. The Morgan fingerprint density at radius 3 is 2.65 bits per heavy atom. The Labute approximate surface area is 115 Å². The molecule has 0 bridgehead atoms. The molecular weight excluding hydrogens is 253 g/mol. The smallest absolute Gasteiger partial charge is 0.0823 e. The predicted molar refractivity (Wildman–Crippen MR) is 78.3 cm³/mol. The first-order valence-electron chi connectivity index (χ1n) is 6.36. The fourth-order valence-electron chi connectivity index (χ4n) is 1.84. The van der Waals surface area contributed by atoms with Gasteiger partial charge in [-0.15, -0.1) is 0 Å². The summed E-state index contributed by atoms with van der Waals surface area (Å²) in [6.45, 7) is 5.44. The zero-order valence-corrected chi connectivity index (χ0v) is 12.1. The van der Waals surface area contributed by atoms with Crippen molar-refractivity contribution in [2.24, 2.45) is 5.92 Å². The van der Waals surface area contributed by atoms with Crippen molar-refractivity contribution in [1.29, 1.82) is 0 Å². The van der Waals surface area contributed by atoms with Crippen LogP contribution in [0.15, 0.2) is 18.2 Å². The van der Waals surface area contributed by atoms with Gasteiger partial charge in [-0.2, -0.15) is 0 Å². The maximum Gasteiger partial charge on any atom is 0.0823 e. The van der Waals surface area contributed by atoms with Crippen LogP contribution in [0.4, 0.5) is 5.69 Å². The van der Waals surface area contributed by atoms with Crippen LogP contribution in [0.1, 0.15) is 39.5 Å². The Balaban J connectivity index is 2.50. The molecule has 3 heteroatoms. The van der Waals surface area contributed by atoms with Gasteiger partial charge in [-0.1, -0.05) is 62.4 Å². The molecule has 1 rings (SSSR count). The molecule has 0 aliphatic rings. The van der Waals surface area contributed by atoms with Crippen LogP contribution in [0.3, 0.4) is 0 Å². The first kappa shape index (κ1) is 14.7. The van der Waals surface area contributed by atoms with E-state index in [2.05, 4.69) is 19.2 Å². The number of hydrogen-bond donors (Lipinski definition) is 1. The molecule has 1 aromatic rings. The topological polar surface area (TPSA) is 12.0 Å². The van der Waals surface area contributed by atoms with Gasteiger partial charge in [-0.25, -0.2) is 0 Å². The highest BCUT2D eigenvalue weighted by Crippen LogP contribution is 2.29. The fraction of sp³-hybridized carbons (Fsp3) is 0.571. The third kappa shape index (κ3) is 4.77. The van der Waals surface area contributed by atoms with Gasteiger partial charge >= 0.3 is 0 Å². The highest BCUT2D eigenvalue weighted by molar-refractivity contribution is 6.43. The molecule has 1 unspecified atom stereocenters. The summed E-state index contributed by atoms with van der Waals surface area (Å²) < 4.78 is 0. The molecular formula is C14H21Cl2N. The van der Waals surface area contributed by atoms with Crippen LogP contribution in [0, 0.1) is 5.92 Å². The van der Waals surface area contributed by atoms with Crippen molar-refractivity contribution in [3.8, 4) is 0 Å². The van der Waals surface area contributed by atoms with E-state index in [1.54, 1.807) is 0 Å². The molecule has 17 heavy (non-hydrogen) atoms. The normalized spacial score (nSPS) is 12.5. The molecule has 1 aromatic carbocycles. The van der Waals surface area contributed by atoms with E-state index in [-0.39, 0.29) is 0 Å². The highest BCUT2D eigenvalue weighted by atomic mass is 35.5. The number of unbranched alkanes of at least 4 members (excludes halogenated alkanes) is 1. The van der Waals surface area contributed by atoms with E-state index in [0.29, 0.717) is 16.0 Å². The number of halogens is 2. The molecule has 0 heterocycles. The van der Waals surface area contributed by atoms with Crippen molar-refractivity contribution in [1.82, 2.24) is 0 Å². The lowest BCUT2D eigenvalue weighted by Crippen LogP contribution is -2.13. The second-order valence-corrected chi connectivity index (χ2v) is 5.18. The number of hydrogen-bond acceptors (Lipinski definition) is 1. The van der Waals surface area contributed by atoms with Crippen molar-refractivity contribution < 1.29 is 0 Å². The molecule has 0 aliphatic carbocycles. The minimum Gasteiger partial charge on any atom is -0.384 e. The minimum absolute atomic E-state index is 0.610. The zero-order valence-electron chi connectivity index (χ0n) is 10.6. The monoisotopic (exact) mass is 273 g/mol. The maximum atomic E-state index is 6.13. The van der Waals surface area contributed by atoms with Crippen LogP contribution >= 0.6 is 23.2 Å². The molecule has 0 saturated heterocycles. The van der Waals surface area contributed by atoms with Crippen LogP contribution in [0.2, 0.25) is 10.0 Å². The second kappa shape index (κ2) is 7.84. The van der Waals surface area contributed by atoms with Crippen molar-refractivity contribution in [3.63, 3.8) is 0 Å². The lowest BCUT2D eigenvalue weighted by molar-refractivity contribution is 0.473. The van der Waals surface area contributed by atoms with Gasteiger partial charge in [0.15, 0.2) is 0 Å². The molecule has 0 aromatic heterocycles. The fourth-order valence-corrected chi connectivity index (χ4v) is 2.21. The van der Waals surface area contributed by atoms with Crippen molar-refractivity contribution in [2.45, 2.75) is 39.5 Å². The SMILES string of the molecule is CCCCC(CC)CNc1cccc(Cl)c1Cl. The Hall–Kier alpha value is -0.400. The summed E-state index contributed by atoms with van der Waals surface area (Å²) in [5.74, 6) is 0.713. The summed E-state index contributed by atoms with van der Waals surface area (Å²) in [6.07, 6.45) is 5.03. The van der Waals surface area contributed by atoms with E-state index in [4.69, 9.17) is 23.2 Å². The molecule has 0 radical (unpaired) electrons. The summed E-state index contributed by atoms with van der Waals surface area (Å²) in [5.41, 5.74) is 0.939. The van der Waals surface area contributed by atoms with E-state index in [1.165, 1.54) is 25.7 Å². The summed E-state index contributed by atoms with van der Waals surface area (Å²) >= 11 is 12.1. The quantitative estimate of drug-likeness (QED) is 0.680. The molecule has 0 fully saturated rings. The molecule has 0 saturated carbocycles. The molecule has 96 valence electrons. The Morgan fingerprint density at radius 1 is 1.24 bits per heavy atom. The third-order valence-corrected chi connectivity index (χ3v) is 3.89. The van der Waals surface area contributed by atoms with Gasteiger partial charge < -0.3 is 5.32 Å². The van der Waals surface area contributed by atoms with E-state index >= 15 is 0 Å². The van der Waals surface area contributed by atoms with Crippen LogP contribution < -0.4 is 5.32 Å². The largest absolute Gasteiger partial charge is 0.384 e. The Bertz CT molecular complexity index is 339. The zero-order chi connectivity index (χ0) is 12.7. The van der Waals surface area contributed by atoms with Crippen LogP contribution in [-0.2, 0) is 0 Å². The molecule has 0 aliphatic heterocycles. The van der Waals surface area contributed by atoms with Crippen LogP contribution in [0.25, 0.3) is 0 Å². The summed E-state index contributed by atoms with van der Waals surface area (Å²) in [5, 5.41) is 4.63. The van der Waals surface area contributed by atoms with Gasteiger partial charge in [-0.05, 0) is 24.5 Å². The van der Waals surface area contributed by atoms with Crippen LogP contribution in [0.5, 0.6) is 0 Å². The molecule has 1 atom stereocenters. The van der Waals surface area contributed by atoms with Gasteiger partial charge in [0, 0.05) is 6.54 Å². The van der Waals surface area contributed by atoms with Gasteiger partial charge in [0.05, 0.1) is 15.7 Å². The van der Waals surface area contributed by atoms with Crippen LogP contribution in [-0.4, -0.2) is 6.54 Å². The van der Waals surface area contributed by atoms with Gasteiger partial charge in [-0.3, -0.25) is 0 Å². The van der Waals surface area contributed by atoms with Gasteiger partial charge in [0.25, 0.3) is 0 Å². The average molecular weight is 274 g/mol. The number of anilines is 1. The standard InChI is InChI=1S/C14H21Cl2N/c1-3-5-7-11(4-2)10-17-13-9-6-8-12(15)14(13)16/h6,8-9,11,17H,3-5,7,10H2,1-2H3. The van der Waals surface area contributed by atoms with Crippen molar-refractivity contribution in [2.75, 3.05) is 11.9 Å². The number of nitrogens with one attached hydrogen (secondary N) is 1. The Morgan fingerprint density at radius 2 is 2.00 bits per heavy atom. The number of rotatable bonds is 7. The molecule has 1 nitrogen and oxygen atoms in total. The second-order valence-electron chi connectivity index (χ2n) is 4.40. The number of benzene rings is 1. The first-order valence-corrected chi connectivity index (χ1v) is 7.12. The summed E-state index contributed by atoms with van der Waals surface area (Å²) in [4.78, 5) is 0. The van der Waals surface area contributed by atoms with Crippen molar-refractivity contribution >= 4 is 28.9 Å². The Kier molecular flexibility index (Phi) is 6.76. The minimum atomic E-state index is 0.610. The van der Waals surface area contributed by atoms with E-state index in [0.717, 1.165) is 12.2 Å². The maximum absolute atomic E-state index is 6.13. The first-order chi connectivity index (χ1) is 8.19. The van der Waals surface area contributed by atoms with Gasteiger partial charge in [0.1, 0.15) is 0 Å². The van der Waals surface area contributed by atoms with Crippen molar-refractivity contribution in [3.05, 3.63) is 28.2 Å². The average Bonchev–Trinajstić information content (AvgIpc) is 2.34. The highest BCUT2D eigenvalue weighted by Gasteiger charge is 2.08. The summed E-state index contributed by atoms with van der Waals surface area (Å²) in [7, 11) is 0. The van der Waals surface area contributed by atoms with E-state index < -0.39 is 0 Å². The summed E-state index contributed by atoms with van der Waals surface area (Å²) in [6, 6.07) is 5.70. The van der Waals surface area contributed by atoms with E-state index in [1.807, 2.05) is 18.2 Å². The third-order valence-electron chi connectivity index (χ3n) is 3.08. The lowest BCUT2D eigenvalue weighted by Gasteiger charge is -2.17.